The zero-order valence-corrected chi connectivity index (χ0v) is 12.2. The molecule has 0 bridgehead atoms. The monoisotopic (exact) mass is 304 g/mol. The standard InChI is InChI=1S/C15H13FN2O2S/c1-8(19)14-13(18-4-3-17-15(18)21-14)11-6-9(16)7-12-10(11)2-5-20-12/h2,5-8,19H,3-4H2,1H3. The fourth-order valence-electron chi connectivity index (χ4n) is 2.80. The van der Waals surface area contributed by atoms with Gasteiger partial charge in [-0.1, -0.05) is 11.8 Å². The number of hydrogen-bond donors (Lipinski definition) is 1. The van der Waals surface area contributed by atoms with Crippen molar-refractivity contribution < 1.29 is 13.9 Å². The topological polar surface area (TPSA) is 49.0 Å². The summed E-state index contributed by atoms with van der Waals surface area (Å²) >= 11 is 1.46. The maximum Gasteiger partial charge on any atom is 0.168 e. The van der Waals surface area contributed by atoms with Crippen LogP contribution >= 0.6 is 11.8 Å². The third-order valence-electron chi connectivity index (χ3n) is 3.68. The maximum absolute atomic E-state index is 13.9. The SMILES string of the molecule is CC(O)C1=C(c2cc(F)cc3occc23)N2CCN=C2S1. The van der Waals surface area contributed by atoms with Crippen LogP contribution in [0, 0.1) is 5.82 Å². The Balaban J connectivity index is 1.99. The highest BCUT2D eigenvalue weighted by Crippen LogP contribution is 2.45. The number of thioether (sulfide) groups is 1. The summed E-state index contributed by atoms with van der Waals surface area (Å²) in [5.41, 5.74) is 2.10. The number of aliphatic imine (C=N–C) groups is 1. The lowest BCUT2D eigenvalue weighted by atomic mass is 10.0. The van der Waals surface area contributed by atoms with Crippen molar-refractivity contribution in [3.05, 3.63) is 40.7 Å². The zero-order chi connectivity index (χ0) is 14.6. The number of aliphatic hydroxyl groups is 1. The summed E-state index contributed by atoms with van der Waals surface area (Å²) in [7, 11) is 0. The zero-order valence-electron chi connectivity index (χ0n) is 11.3. The first-order chi connectivity index (χ1) is 10.1. The molecule has 1 unspecified atom stereocenters. The highest BCUT2D eigenvalue weighted by molar-refractivity contribution is 8.17. The van der Waals surface area contributed by atoms with Crippen LogP contribution in [0.5, 0.6) is 0 Å². The van der Waals surface area contributed by atoms with E-state index >= 15 is 0 Å². The molecule has 0 spiro atoms. The molecule has 0 radical (unpaired) electrons. The highest BCUT2D eigenvalue weighted by Gasteiger charge is 2.35. The molecule has 2 aliphatic rings. The summed E-state index contributed by atoms with van der Waals surface area (Å²) in [6, 6.07) is 4.70. The van der Waals surface area contributed by atoms with E-state index in [1.165, 1.54) is 23.9 Å². The van der Waals surface area contributed by atoms with Crippen LogP contribution in [-0.2, 0) is 0 Å². The summed E-state index contributed by atoms with van der Waals surface area (Å²) in [5.74, 6) is -0.348. The van der Waals surface area contributed by atoms with Gasteiger partial charge in [0.05, 0.1) is 24.6 Å². The lowest BCUT2D eigenvalue weighted by molar-refractivity contribution is 0.240. The van der Waals surface area contributed by atoms with E-state index < -0.39 is 6.10 Å². The third-order valence-corrected chi connectivity index (χ3v) is 4.96. The molecule has 0 fully saturated rings. The number of fused-ring (bicyclic) bond motifs is 2. The lowest BCUT2D eigenvalue weighted by Crippen LogP contribution is -2.20. The number of halogens is 1. The highest BCUT2D eigenvalue weighted by atomic mass is 32.2. The van der Waals surface area contributed by atoms with Crippen LogP contribution in [0.15, 0.2) is 38.8 Å². The third kappa shape index (κ3) is 1.90. The molecule has 1 aromatic heterocycles. The molecule has 4 nitrogen and oxygen atoms in total. The largest absolute Gasteiger partial charge is 0.464 e. The summed E-state index contributed by atoms with van der Waals surface area (Å²) < 4.78 is 19.2. The normalized spacial score (nSPS) is 19.4. The molecule has 6 heteroatoms. The van der Waals surface area contributed by atoms with Crippen molar-refractivity contribution in [3.8, 4) is 0 Å². The molecule has 1 N–H and O–H groups in total. The number of aliphatic hydroxyl groups excluding tert-OH is 1. The van der Waals surface area contributed by atoms with Crippen molar-refractivity contribution in [1.29, 1.82) is 0 Å². The van der Waals surface area contributed by atoms with E-state index in [0.717, 1.165) is 39.8 Å². The molecule has 0 aliphatic carbocycles. The molecule has 1 aromatic carbocycles. The second-order valence-corrected chi connectivity index (χ2v) is 6.10. The molecule has 2 aliphatic heterocycles. The van der Waals surface area contributed by atoms with Crippen LogP contribution in [0.4, 0.5) is 4.39 Å². The Morgan fingerprint density at radius 2 is 2.33 bits per heavy atom. The molecular formula is C15H13FN2O2S. The molecule has 1 atom stereocenters. The van der Waals surface area contributed by atoms with Crippen LogP contribution in [0.2, 0.25) is 0 Å². The fourth-order valence-corrected chi connectivity index (χ4v) is 3.93. The minimum Gasteiger partial charge on any atom is -0.464 e. The van der Waals surface area contributed by atoms with Crippen molar-refractivity contribution in [2.75, 3.05) is 13.1 Å². The molecule has 0 saturated heterocycles. The van der Waals surface area contributed by atoms with E-state index in [9.17, 15) is 9.50 Å². The van der Waals surface area contributed by atoms with Gasteiger partial charge < -0.3 is 14.4 Å². The number of benzene rings is 1. The number of hydrogen-bond acceptors (Lipinski definition) is 5. The molecule has 3 heterocycles. The minimum absolute atomic E-state index is 0.348. The Morgan fingerprint density at radius 3 is 3.14 bits per heavy atom. The van der Waals surface area contributed by atoms with E-state index in [0.29, 0.717) is 5.58 Å². The van der Waals surface area contributed by atoms with E-state index in [-0.39, 0.29) is 5.82 Å². The van der Waals surface area contributed by atoms with Crippen LogP contribution in [-0.4, -0.2) is 34.4 Å². The smallest absolute Gasteiger partial charge is 0.168 e. The van der Waals surface area contributed by atoms with Gasteiger partial charge in [0.15, 0.2) is 5.17 Å². The van der Waals surface area contributed by atoms with Gasteiger partial charge in [0.1, 0.15) is 11.4 Å². The van der Waals surface area contributed by atoms with Crippen molar-refractivity contribution in [1.82, 2.24) is 4.90 Å². The van der Waals surface area contributed by atoms with Crippen LogP contribution < -0.4 is 0 Å². The Bertz CT molecular complexity index is 794. The molecular weight excluding hydrogens is 291 g/mol. The summed E-state index contributed by atoms with van der Waals surface area (Å²) in [5, 5.41) is 11.8. The second-order valence-electron chi connectivity index (χ2n) is 5.09. The van der Waals surface area contributed by atoms with Crippen molar-refractivity contribution >= 4 is 33.6 Å². The Hall–Kier alpha value is -1.79. The number of furan rings is 1. The lowest BCUT2D eigenvalue weighted by Gasteiger charge is -2.18. The minimum atomic E-state index is -0.622. The van der Waals surface area contributed by atoms with Gasteiger partial charge >= 0.3 is 0 Å². The fraction of sp³-hybridized carbons (Fsp3) is 0.267. The van der Waals surface area contributed by atoms with E-state index in [1.807, 2.05) is 11.0 Å². The van der Waals surface area contributed by atoms with Gasteiger partial charge in [-0.3, -0.25) is 4.99 Å². The van der Waals surface area contributed by atoms with Crippen molar-refractivity contribution in [3.63, 3.8) is 0 Å². The first-order valence-corrected chi connectivity index (χ1v) is 7.56. The quantitative estimate of drug-likeness (QED) is 0.926. The predicted octanol–water partition coefficient (Wildman–Crippen LogP) is 3.04. The first kappa shape index (κ1) is 12.9. The molecule has 2 aromatic rings. The first-order valence-electron chi connectivity index (χ1n) is 6.74. The summed E-state index contributed by atoms with van der Waals surface area (Å²) in [6.45, 7) is 3.20. The average Bonchev–Trinajstić information content (AvgIpc) is 3.11. The van der Waals surface area contributed by atoms with Crippen molar-refractivity contribution in [2.24, 2.45) is 4.99 Å². The van der Waals surface area contributed by atoms with Crippen LogP contribution in [0.3, 0.4) is 0 Å². The summed E-state index contributed by atoms with van der Waals surface area (Å²) in [6.07, 6.45) is 0.931. The Labute approximate surface area is 124 Å². The molecule has 108 valence electrons. The van der Waals surface area contributed by atoms with Gasteiger partial charge in [0.2, 0.25) is 0 Å². The molecule has 4 rings (SSSR count). The predicted molar refractivity (Wildman–Crippen MR) is 81.4 cm³/mol. The number of nitrogens with zero attached hydrogens (tertiary/aromatic N) is 2. The van der Waals surface area contributed by atoms with Crippen LogP contribution in [0.1, 0.15) is 12.5 Å². The molecule has 0 amide bonds. The molecule has 21 heavy (non-hydrogen) atoms. The Kier molecular flexibility index (Phi) is 2.83. The van der Waals surface area contributed by atoms with E-state index in [1.54, 1.807) is 13.2 Å². The van der Waals surface area contributed by atoms with Gasteiger partial charge in [0, 0.05) is 28.5 Å². The second kappa shape index (κ2) is 4.61. The average molecular weight is 304 g/mol. The van der Waals surface area contributed by atoms with Gasteiger partial charge in [-0.15, -0.1) is 0 Å². The maximum atomic E-state index is 13.9. The van der Waals surface area contributed by atoms with Gasteiger partial charge in [0.25, 0.3) is 0 Å². The van der Waals surface area contributed by atoms with E-state index in [2.05, 4.69) is 4.99 Å². The van der Waals surface area contributed by atoms with Crippen molar-refractivity contribution in [2.45, 2.75) is 13.0 Å². The van der Waals surface area contributed by atoms with Gasteiger partial charge in [-0.25, -0.2) is 4.39 Å². The molecule has 0 saturated carbocycles. The van der Waals surface area contributed by atoms with E-state index in [4.69, 9.17) is 4.42 Å². The summed E-state index contributed by atoms with van der Waals surface area (Å²) in [4.78, 5) is 7.29. The number of rotatable bonds is 2. The van der Waals surface area contributed by atoms with Gasteiger partial charge in [-0.05, 0) is 19.1 Å². The Morgan fingerprint density at radius 1 is 1.48 bits per heavy atom. The van der Waals surface area contributed by atoms with Crippen LogP contribution in [0.25, 0.3) is 16.7 Å². The number of amidine groups is 1. The van der Waals surface area contributed by atoms with Gasteiger partial charge in [-0.2, -0.15) is 0 Å².